The number of nitrogens with zero attached hydrogens (tertiary/aromatic N) is 1. The van der Waals surface area contributed by atoms with Crippen molar-refractivity contribution in [2.75, 3.05) is 18.0 Å². The Bertz CT molecular complexity index is 318. The van der Waals surface area contributed by atoms with Gasteiger partial charge in [0.15, 0.2) is 0 Å². The lowest BCUT2D eigenvalue weighted by Crippen LogP contribution is -2.20. The molecule has 0 aromatic heterocycles. The van der Waals surface area contributed by atoms with Gasteiger partial charge in [-0.3, -0.25) is 0 Å². The number of benzene rings is 1. The van der Waals surface area contributed by atoms with Crippen molar-refractivity contribution >= 4 is 5.69 Å². The average Bonchev–Trinajstić information content (AvgIpc) is 2.81. The first-order valence-corrected chi connectivity index (χ1v) is 5.85. The fourth-order valence-electron chi connectivity index (χ4n) is 2.24. The van der Waals surface area contributed by atoms with Crippen molar-refractivity contribution in [1.29, 1.82) is 0 Å². The van der Waals surface area contributed by atoms with Gasteiger partial charge in [0, 0.05) is 24.3 Å². The van der Waals surface area contributed by atoms with Gasteiger partial charge >= 0.3 is 0 Å². The van der Waals surface area contributed by atoms with Crippen LogP contribution in [0.25, 0.3) is 0 Å². The van der Waals surface area contributed by atoms with E-state index < -0.39 is 0 Å². The van der Waals surface area contributed by atoms with Gasteiger partial charge in [0.2, 0.25) is 0 Å². The summed E-state index contributed by atoms with van der Waals surface area (Å²) in [4.78, 5) is 2.38. The van der Waals surface area contributed by atoms with E-state index in [1.807, 2.05) is 19.1 Å². The molecule has 0 radical (unpaired) electrons. The van der Waals surface area contributed by atoms with Crippen molar-refractivity contribution in [2.45, 2.75) is 32.3 Å². The smallest absolute Gasteiger partial charge is 0.0807 e. The molecule has 1 N–H and O–H groups in total. The molecule has 2 heteroatoms. The van der Waals surface area contributed by atoms with Gasteiger partial charge in [-0.25, -0.2) is 0 Å². The van der Waals surface area contributed by atoms with E-state index in [1.165, 1.54) is 18.5 Å². The van der Waals surface area contributed by atoms with E-state index in [9.17, 15) is 5.11 Å². The minimum atomic E-state index is -0.318. The second-order valence-corrected chi connectivity index (χ2v) is 4.18. The molecule has 1 heterocycles. The lowest BCUT2D eigenvalue weighted by Gasteiger charge is -2.23. The minimum absolute atomic E-state index is 0.318. The largest absolute Gasteiger partial charge is 0.388 e. The topological polar surface area (TPSA) is 23.5 Å². The maximum absolute atomic E-state index is 9.94. The van der Waals surface area contributed by atoms with Gasteiger partial charge in [-0.15, -0.1) is 0 Å². The van der Waals surface area contributed by atoms with Crippen LogP contribution in [0.4, 0.5) is 5.69 Å². The van der Waals surface area contributed by atoms with Crippen LogP contribution in [0.15, 0.2) is 24.3 Å². The second-order valence-electron chi connectivity index (χ2n) is 4.18. The predicted molar refractivity (Wildman–Crippen MR) is 63.1 cm³/mol. The van der Waals surface area contributed by atoms with Crippen LogP contribution in [-0.2, 0) is 0 Å². The Morgan fingerprint density at radius 2 is 1.93 bits per heavy atom. The highest BCUT2D eigenvalue weighted by Gasteiger charge is 2.17. The summed E-state index contributed by atoms with van der Waals surface area (Å²) in [6.07, 6.45) is 3.01. The van der Waals surface area contributed by atoms with Gasteiger partial charge in [0.25, 0.3) is 0 Å². The summed E-state index contributed by atoms with van der Waals surface area (Å²) in [5.74, 6) is 0. The Balaban J connectivity index is 2.28. The average molecular weight is 205 g/mol. The maximum atomic E-state index is 9.94. The third kappa shape index (κ3) is 2.15. The van der Waals surface area contributed by atoms with Crippen LogP contribution in [0.2, 0.25) is 0 Å². The SMILES string of the molecule is CC[C@@H](O)c1ccccc1N1CCCC1. The van der Waals surface area contributed by atoms with Crippen molar-refractivity contribution in [3.05, 3.63) is 29.8 Å². The molecular formula is C13H19NO. The molecular weight excluding hydrogens is 186 g/mol. The zero-order valence-electron chi connectivity index (χ0n) is 9.32. The van der Waals surface area contributed by atoms with Crippen LogP contribution >= 0.6 is 0 Å². The van der Waals surface area contributed by atoms with Gasteiger partial charge in [0.05, 0.1) is 6.10 Å². The van der Waals surface area contributed by atoms with Crippen LogP contribution < -0.4 is 4.90 Å². The van der Waals surface area contributed by atoms with Crippen LogP contribution in [0.5, 0.6) is 0 Å². The van der Waals surface area contributed by atoms with E-state index in [1.54, 1.807) is 0 Å². The highest BCUT2D eigenvalue weighted by Crippen LogP contribution is 2.30. The molecule has 2 rings (SSSR count). The molecule has 0 unspecified atom stereocenters. The second kappa shape index (κ2) is 4.67. The van der Waals surface area contributed by atoms with Gasteiger partial charge < -0.3 is 10.0 Å². The first-order chi connectivity index (χ1) is 7.33. The Morgan fingerprint density at radius 3 is 2.60 bits per heavy atom. The molecule has 0 spiro atoms. The predicted octanol–water partition coefficient (Wildman–Crippen LogP) is 2.73. The number of aliphatic hydroxyl groups excluding tert-OH is 1. The van der Waals surface area contributed by atoms with Crippen molar-refractivity contribution in [3.8, 4) is 0 Å². The number of hydrogen-bond acceptors (Lipinski definition) is 2. The van der Waals surface area contributed by atoms with Crippen molar-refractivity contribution < 1.29 is 5.11 Å². The van der Waals surface area contributed by atoms with Crippen molar-refractivity contribution in [3.63, 3.8) is 0 Å². The first-order valence-electron chi connectivity index (χ1n) is 5.85. The van der Waals surface area contributed by atoms with Gasteiger partial charge in [0.1, 0.15) is 0 Å². The van der Waals surface area contributed by atoms with Crippen LogP contribution in [0.3, 0.4) is 0 Å². The molecule has 0 aliphatic carbocycles. The highest BCUT2D eigenvalue weighted by molar-refractivity contribution is 5.55. The molecule has 15 heavy (non-hydrogen) atoms. The number of anilines is 1. The molecule has 1 saturated heterocycles. The molecule has 0 saturated carbocycles. The molecule has 82 valence electrons. The zero-order chi connectivity index (χ0) is 10.7. The number of para-hydroxylation sites is 1. The summed E-state index contributed by atoms with van der Waals surface area (Å²) in [6, 6.07) is 8.23. The Hall–Kier alpha value is -1.02. The van der Waals surface area contributed by atoms with E-state index in [4.69, 9.17) is 0 Å². The highest BCUT2D eigenvalue weighted by atomic mass is 16.3. The summed E-state index contributed by atoms with van der Waals surface area (Å²) >= 11 is 0. The summed E-state index contributed by atoms with van der Waals surface area (Å²) in [5.41, 5.74) is 2.31. The van der Waals surface area contributed by atoms with Gasteiger partial charge in [-0.2, -0.15) is 0 Å². The number of aliphatic hydroxyl groups is 1. The fourth-order valence-corrected chi connectivity index (χ4v) is 2.24. The molecule has 0 bridgehead atoms. The number of hydrogen-bond donors (Lipinski definition) is 1. The third-order valence-corrected chi connectivity index (χ3v) is 3.13. The molecule has 1 atom stereocenters. The van der Waals surface area contributed by atoms with E-state index in [2.05, 4.69) is 17.0 Å². The van der Waals surface area contributed by atoms with Gasteiger partial charge in [-0.1, -0.05) is 25.1 Å². The van der Waals surface area contributed by atoms with Crippen LogP contribution in [-0.4, -0.2) is 18.2 Å². The van der Waals surface area contributed by atoms with E-state index in [0.717, 1.165) is 25.1 Å². The van der Waals surface area contributed by atoms with Crippen molar-refractivity contribution in [1.82, 2.24) is 0 Å². The van der Waals surface area contributed by atoms with E-state index >= 15 is 0 Å². The summed E-state index contributed by atoms with van der Waals surface area (Å²) < 4.78 is 0. The molecule has 1 aromatic carbocycles. The molecule has 1 aromatic rings. The normalized spacial score (nSPS) is 18.1. The Kier molecular flexibility index (Phi) is 3.27. The van der Waals surface area contributed by atoms with E-state index in [-0.39, 0.29) is 6.10 Å². The Labute approximate surface area is 91.5 Å². The van der Waals surface area contributed by atoms with E-state index in [0.29, 0.717) is 0 Å². The molecule has 1 aliphatic heterocycles. The molecule has 0 amide bonds. The Morgan fingerprint density at radius 1 is 1.27 bits per heavy atom. The molecule has 1 fully saturated rings. The van der Waals surface area contributed by atoms with Crippen LogP contribution in [0, 0.1) is 0 Å². The molecule has 1 aliphatic rings. The minimum Gasteiger partial charge on any atom is -0.388 e. The summed E-state index contributed by atoms with van der Waals surface area (Å²) in [5, 5.41) is 9.94. The standard InChI is InChI=1S/C13H19NO/c1-2-13(15)11-7-3-4-8-12(11)14-9-5-6-10-14/h3-4,7-8,13,15H,2,5-6,9-10H2,1H3/t13-/m1/s1. The molecule has 2 nitrogen and oxygen atoms in total. The summed E-state index contributed by atoms with van der Waals surface area (Å²) in [7, 11) is 0. The lowest BCUT2D eigenvalue weighted by molar-refractivity contribution is 0.174. The fraction of sp³-hybridized carbons (Fsp3) is 0.538. The first kappa shape index (κ1) is 10.5. The number of rotatable bonds is 3. The summed E-state index contributed by atoms with van der Waals surface area (Å²) in [6.45, 7) is 4.28. The maximum Gasteiger partial charge on any atom is 0.0807 e. The van der Waals surface area contributed by atoms with Gasteiger partial charge in [-0.05, 0) is 25.3 Å². The van der Waals surface area contributed by atoms with Crippen LogP contribution in [0.1, 0.15) is 37.9 Å². The quantitative estimate of drug-likeness (QED) is 0.820. The van der Waals surface area contributed by atoms with Crippen molar-refractivity contribution in [2.24, 2.45) is 0 Å². The third-order valence-electron chi connectivity index (χ3n) is 3.13. The monoisotopic (exact) mass is 205 g/mol. The zero-order valence-corrected chi connectivity index (χ0v) is 9.32. The lowest BCUT2D eigenvalue weighted by atomic mass is 10.0.